The molecule has 2 aliphatic heterocycles. The molecule has 1 atom stereocenters. The molecule has 0 bridgehead atoms. The Hall–Kier alpha value is -3.24. The van der Waals surface area contributed by atoms with Gasteiger partial charge < -0.3 is 0 Å². The van der Waals surface area contributed by atoms with E-state index in [1.54, 1.807) is 5.01 Å². The molecule has 34 heavy (non-hydrogen) atoms. The van der Waals surface area contributed by atoms with E-state index < -0.39 is 0 Å². The molecule has 1 fully saturated rings. The molecule has 0 unspecified atom stereocenters. The molecule has 2 heterocycles. The second-order valence-electron chi connectivity index (χ2n) is 9.69. The molecule has 0 radical (unpaired) electrons. The summed E-state index contributed by atoms with van der Waals surface area (Å²) in [7, 11) is 0. The minimum absolute atomic E-state index is 0.0427. The molecular formula is C30H33N3O. The van der Waals surface area contributed by atoms with E-state index in [1.165, 1.54) is 11.1 Å². The lowest BCUT2D eigenvalue weighted by Crippen LogP contribution is -2.42. The van der Waals surface area contributed by atoms with Crippen LogP contribution in [0.15, 0.2) is 90.0 Å². The van der Waals surface area contributed by atoms with Crippen molar-refractivity contribution in [2.45, 2.75) is 38.6 Å². The number of amides is 1. The Bertz CT molecular complexity index is 1120. The van der Waals surface area contributed by atoms with Crippen LogP contribution < -0.4 is 0 Å². The molecule has 0 spiro atoms. The van der Waals surface area contributed by atoms with Gasteiger partial charge in [0.05, 0.1) is 18.3 Å². The van der Waals surface area contributed by atoms with Gasteiger partial charge in [0.1, 0.15) is 0 Å². The maximum atomic E-state index is 13.5. The average Bonchev–Trinajstić information content (AvgIpc) is 3.33. The lowest BCUT2D eigenvalue weighted by molar-refractivity contribution is -0.134. The van der Waals surface area contributed by atoms with Gasteiger partial charge in [-0.1, -0.05) is 90.5 Å². The summed E-state index contributed by atoms with van der Waals surface area (Å²) in [6, 6.07) is 29.5. The third-order valence-electron chi connectivity index (χ3n) is 7.17. The highest BCUT2D eigenvalue weighted by Gasteiger charge is 2.34. The molecule has 1 amide bonds. The quantitative estimate of drug-likeness (QED) is 0.487. The second kappa shape index (κ2) is 10.4. The van der Waals surface area contributed by atoms with Crippen molar-refractivity contribution in [3.05, 3.63) is 107 Å². The highest BCUT2D eigenvalue weighted by atomic mass is 16.2. The van der Waals surface area contributed by atoms with Gasteiger partial charge in [0.2, 0.25) is 0 Å². The van der Waals surface area contributed by atoms with E-state index in [-0.39, 0.29) is 11.9 Å². The van der Waals surface area contributed by atoms with Crippen molar-refractivity contribution in [1.82, 2.24) is 9.91 Å². The summed E-state index contributed by atoms with van der Waals surface area (Å²) in [5.74, 6) is 0.793. The van der Waals surface area contributed by atoms with Gasteiger partial charge in [-0.25, -0.2) is 5.01 Å². The summed E-state index contributed by atoms with van der Waals surface area (Å²) in [5.41, 5.74) is 5.87. The van der Waals surface area contributed by atoms with E-state index in [2.05, 4.69) is 78.6 Å². The van der Waals surface area contributed by atoms with Crippen molar-refractivity contribution < 1.29 is 4.79 Å². The molecular weight excluding hydrogens is 418 g/mol. The number of piperidine rings is 1. The van der Waals surface area contributed by atoms with Crippen LogP contribution in [0.4, 0.5) is 0 Å². The number of hydrogen-bond donors (Lipinski definition) is 0. The van der Waals surface area contributed by atoms with E-state index in [0.29, 0.717) is 12.5 Å². The van der Waals surface area contributed by atoms with Gasteiger partial charge in [-0.05, 0) is 61.9 Å². The minimum atomic E-state index is -0.0427. The third-order valence-corrected chi connectivity index (χ3v) is 7.17. The number of likely N-dealkylation sites (tertiary alicyclic amines) is 1. The van der Waals surface area contributed by atoms with Crippen molar-refractivity contribution >= 4 is 11.6 Å². The van der Waals surface area contributed by atoms with Crippen LogP contribution in [-0.4, -0.2) is 41.2 Å². The maximum absolute atomic E-state index is 13.5. The predicted octanol–water partition coefficient (Wildman–Crippen LogP) is 5.63. The van der Waals surface area contributed by atoms with Gasteiger partial charge in [-0.2, -0.15) is 5.10 Å². The molecule has 0 aromatic heterocycles. The highest BCUT2D eigenvalue weighted by Crippen LogP contribution is 2.33. The van der Waals surface area contributed by atoms with Gasteiger partial charge in [-0.15, -0.1) is 0 Å². The summed E-state index contributed by atoms with van der Waals surface area (Å²) >= 11 is 0. The summed E-state index contributed by atoms with van der Waals surface area (Å²) in [4.78, 5) is 15.8. The molecule has 2 aliphatic rings. The summed E-state index contributed by atoms with van der Waals surface area (Å²) in [6.07, 6.45) is 4.16. The zero-order valence-corrected chi connectivity index (χ0v) is 19.9. The van der Waals surface area contributed by atoms with E-state index in [4.69, 9.17) is 5.10 Å². The number of hydrazone groups is 1. The van der Waals surface area contributed by atoms with Gasteiger partial charge in [0.15, 0.2) is 0 Å². The number of aryl methyl sites for hydroxylation is 1. The van der Waals surface area contributed by atoms with Crippen LogP contribution >= 0.6 is 0 Å². The molecule has 3 aromatic carbocycles. The van der Waals surface area contributed by atoms with Crippen molar-refractivity contribution in [2.24, 2.45) is 11.0 Å². The SMILES string of the molecule is Cc1ccc([C@H]2CC(c3ccccc3)=NN2C(=O)CN2CCC(Cc3ccccc3)CC2)cc1. The minimum Gasteiger partial charge on any atom is -0.294 e. The fourth-order valence-electron chi connectivity index (χ4n) is 5.15. The largest absolute Gasteiger partial charge is 0.294 e. The fourth-order valence-corrected chi connectivity index (χ4v) is 5.15. The summed E-state index contributed by atoms with van der Waals surface area (Å²) in [5, 5.41) is 6.60. The highest BCUT2D eigenvalue weighted by molar-refractivity contribution is 6.03. The topological polar surface area (TPSA) is 35.9 Å². The second-order valence-corrected chi connectivity index (χ2v) is 9.69. The molecule has 0 saturated carbocycles. The Morgan fingerprint density at radius 1 is 0.882 bits per heavy atom. The molecule has 5 rings (SSSR count). The smallest absolute Gasteiger partial charge is 0.257 e. The number of hydrogen-bond acceptors (Lipinski definition) is 3. The number of carbonyl (C=O) groups excluding carboxylic acids is 1. The van der Waals surface area contributed by atoms with Crippen LogP contribution in [0, 0.1) is 12.8 Å². The Kier molecular flexibility index (Phi) is 6.87. The molecule has 4 nitrogen and oxygen atoms in total. The van der Waals surface area contributed by atoms with Crippen molar-refractivity contribution in [2.75, 3.05) is 19.6 Å². The van der Waals surface area contributed by atoms with Gasteiger partial charge in [0.25, 0.3) is 5.91 Å². The summed E-state index contributed by atoms with van der Waals surface area (Å²) < 4.78 is 0. The molecule has 0 N–H and O–H groups in total. The Labute approximate surface area is 202 Å². The van der Waals surface area contributed by atoms with Crippen LogP contribution in [-0.2, 0) is 11.2 Å². The zero-order chi connectivity index (χ0) is 23.3. The van der Waals surface area contributed by atoms with Crippen LogP contribution in [0.25, 0.3) is 0 Å². The first-order valence-corrected chi connectivity index (χ1v) is 12.4. The maximum Gasteiger partial charge on any atom is 0.257 e. The first-order valence-electron chi connectivity index (χ1n) is 12.4. The molecule has 4 heteroatoms. The summed E-state index contributed by atoms with van der Waals surface area (Å²) in [6.45, 7) is 4.48. The van der Waals surface area contributed by atoms with Crippen LogP contribution in [0.1, 0.15) is 47.6 Å². The number of nitrogens with zero attached hydrogens (tertiary/aromatic N) is 3. The lowest BCUT2D eigenvalue weighted by Gasteiger charge is -2.33. The molecule has 174 valence electrons. The number of benzene rings is 3. The molecule has 0 aliphatic carbocycles. The van der Waals surface area contributed by atoms with Crippen LogP contribution in [0.2, 0.25) is 0 Å². The predicted molar refractivity (Wildman–Crippen MR) is 138 cm³/mol. The third kappa shape index (κ3) is 5.28. The van der Waals surface area contributed by atoms with Crippen molar-refractivity contribution in [3.63, 3.8) is 0 Å². The Morgan fingerprint density at radius 3 is 2.21 bits per heavy atom. The monoisotopic (exact) mass is 451 g/mol. The standard InChI is InChI=1S/C30H33N3O/c1-23-12-14-27(15-13-23)29-21-28(26-10-6-3-7-11-26)31-33(29)30(34)22-32-18-16-25(17-19-32)20-24-8-4-2-5-9-24/h2-15,25,29H,16-22H2,1H3/t29-/m1/s1. The normalized spacial score (nSPS) is 19.3. The van der Waals surface area contributed by atoms with E-state index >= 15 is 0 Å². The zero-order valence-electron chi connectivity index (χ0n) is 19.9. The Balaban J connectivity index is 1.25. The Morgan fingerprint density at radius 2 is 1.53 bits per heavy atom. The lowest BCUT2D eigenvalue weighted by atomic mass is 9.90. The van der Waals surface area contributed by atoms with E-state index in [0.717, 1.165) is 55.6 Å². The molecule has 3 aromatic rings. The van der Waals surface area contributed by atoms with Gasteiger partial charge >= 0.3 is 0 Å². The van der Waals surface area contributed by atoms with Gasteiger partial charge in [-0.3, -0.25) is 9.69 Å². The average molecular weight is 452 g/mol. The van der Waals surface area contributed by atoms with Gasteiger partial charge in [0, 0.05) is 6.42 Å². The number of carbonyl (C=O) groups is 1. The van der Waals surface area contributed by atoms with E-state index in [1.807, 2.05) is 18.2 Å². The van der Waals surface area contributed by atoms with Crippen LogP contribution in [0.3, 0.4) is 0 Å². The van der Waals surface area contributed by atoms with Crippen LogP contribution in [0.5, 0.6) is 0 Å². The first kappa shape index (κ1) is 22.5. The van der Waals surface area contributed by atoms with Crippen molar-refractivity contribution in [3.8, 4) is 0 Å². The molecule has 1 saturated heterocycles. The first-order chi connectivity index (χ1) is 16.7. The van der Waals surface area contributed by atoms with E-state index in [9.17, 15) is 4.79 Å². The number of rotatable bonds is 6. The van der Waals surface area contributed by atoms with Crippen molar-refractivity contribution in [1.29, 1.82) is 0 Å². The fraction of sp³-hybridized carbons (Fsp3) is 0.333.